The van der Waals surface area contributed by atoms with Crippen molar-refractivity contribution in [1.29, 1.82) is 0 Å². The number of hydrogen-bond donors (Lipinski definition) is 0. The third-order valence-electron chi connectivity index (χ3n) is 5.93. The number of rotatable bonds is 6. The first kappa shape index (κ1) is 23.2. The zero-order chi connectivity index (χ0) is 22.8. The van der Waals surface area contributed by atoms with Crippen LogP contribution in [0.5, 0.6) is 0 Å². The number of benzene rings is 2. The van der Waals surface area contributed by atoms with Gasteiger partial charge in [0.05, 0.1) is 4.90 Å². The molecule has 0 spiro atoms. The predicted molar refractivity (Wildman–Crippen MR) is 122 cm³/mol. The topological polar surface area (TPSA) is 74.8 Å². The lowest BCUT2D eigenvalue weighted by Gasteiger charge is -2.34. The van der Waals surface area contributed by atoms with Gasteiger partial charge < -0.3 is 4.90 Å². The third kappa shape index (κ3) is 4.88. The molecular formula is C24H30N2O4S. The van der Waals surface area contributed by atoms with E-state index in [9.17, 15) is 18.0 Å². The number of amides is 1. The van der Waals surface area contributed by atoms with Crippen LogP contribution in [-0.4, -0.2) is 44.0 Å². The molecule has 0 unspecified atom stereocenters. The Morgan fingerprint density at radius 1 is 1.03 bits per heavy atom. The highest BCUT2D eigenvalue weighted by atomic mass is 32.2. The van der Waals surface area contributed by atoms with Gasteiger partial charge in [0.15, 0.2) is 5.78 Å². The van der Waals surface area contributed by atoms with Crippen molar-refractivity contribution in [3.8, 4) is 0 Å². The molecule has 0 N–H and O–H groups in total. The van der Waals surface area contributed by atoms with Gasteiger partial charge in [-0.25, -0.2) is 8.42 Å². The van der Waals surface area contributed by atoms with E-state index in [2.05, 4.69) is 6.07 Å². The molecule has 0 aromatic heterocycles. The van der Waals surface area contributed by atoms with Gasteiger partial charge in [-0.1, -0.05) is 29.8 Å². The molecule has 2 aromatic rings. The highest BCUT2D eigenvalue weighted by Crippen LogP contribution is 2.28. The van der Waals surface area contributed by atoms with E-state index in [0.29, 0.717) is 38.0 Å². The Bertz CT molecular complexity index is 1070. The fourth-order valence-corrected chi connectivity index (χ4v) is 5.60. The Labute approximate surface area is 184 Å². The first-order chi connectivity index (χ1) is 14.6. The molecule has 7 heteroatoms. The van der Waals surface area contributed by atoms with Crippen molar-refractivity contribution in [3.63, 3.8) is 0 Å². The summed E-state index contributed by atoms with van der Waals surface area (Å²) in [5, 5.41) is 0. The van der Waals surface area contributed by atoms with Crippen molar-refractivity contribution in [2.45, 2.75) is 45.4 Å². The van der Waals surface area contributed by atoms with Crippen molar-refractivity contribution in [2.75, 3.05) is 24.5 Å². The number of nitrogens with zero attached hydrogens (tertiary/aromatic N) is 2. The molecule has 3 rings (SSSR count). The molecule has 31 heavy (non-hydrogen) atoms. The van der Waals surface area contributed by atoms with Gasteiger partial charge in [-0.2, -0.15) is 4.31 Å². The zero-order valence-electron chi connectivity index (χ0n) is 18.6. The minimum atomic E-state index is -3.65. The largest absolute Gasteiger partial charge is 0.312 e. The standard InChI is InChI=1S/C24H30N2O4S/c1-5-26(23-11-6-17(2)16-18(23)3)24(28)21-12-14-25(15-13-21)31(29,30)22-9-7-20(8-10-22)19(4)27/h6-11,16,21H,5,12-15H2,1-4H3. The summed E-state index contributed by atoms with van der Waals surface area (Å²) in [6.45, 7) is 8.62. The lowest BCUT2D eigenvalue weighted by atomic mass is 9.96. The van der Waals surface area contributed by atoms with Crippen LogP contribution in [0.25, 0.3) is 0 Å². The minimum Gasteiger partial charge on any atom is -0.312 e. The van der Waals surface area contributed by atoms with Crippen molar-refractivity contribution in [1.82, 2.24) is 4.31 Å². The number of hydrogen-bond acceptors (Lipinski definition) is 4. The predicted octanol–water partition coefficient (Wildman–Crippen LogP) is 3.96. The molecule has 1 fully saturated rings. The van der Waals surface area contributed by atoms with Gasteiger partial charge >= 0.3 is 0 Å². The molecule has 6 nitrogen and oxygen atoms in total. The molecule has 0 bridgehead atoms. The molecule has 1 aliphatic rings. The summed E-state index contributed by atoms with van der Waals surface area (Å²) in [7, 11) is -3.65. The van der Waals surface area contributed by atoms with Crippen molar-refractivity contribution >= 4 is 27.4 Å². The van der Waals surface area contributed by atoms with Gasteiger partial charge in [0.2, 0.25) is 15.9 Å². The Balaban J connectivity index is 1.70. The number of anilines is 1. The second-order valence-corrected chi connectivity index (χ2v) is 10.1. The summed E-state index contributed by atoms with van der Waals surface area (Å²) in [4.78, 5) is 26.6. The number of sulfonamides is 1. The van der Waals surface area contributed by atoms with Crippen LogP contribution >= 0.6 is 0 Å². The number of carbonyl (C=O) groups is 2. The molecule has 2 aromatic carbocycles. The molecule has 1 aliphatic heterocycles. The van der Waals surface area contributed by atoms with E-state index in [4.69, 9.17) is 0 Å². The van der Waals surface area contributed by atoms with Crippen molar-refractivity contribution < 1.29 is 18.0 Å². The average Bonchev–Trinajstić information content (AvgIpc) is 2.75. The number of carbonyl (C=O) groups excluding carboxylic acids is 2. The Morgan fingerprint density at radius 3 is 2.16 bits per heavy atom. The van der Waals surface area contributed by atoms with Crippen molar-refractivity contribution in [3.05, 3.63) is 59.2 Å². The van der Waals surface area contributed by atoms with Crippen LogP contribution in [0.4, 0.5) is 5.69 Å². The molecule has 0 radical (unpaired) electrons. The Kier molecular flexibility index (Phi) is 6.96. The number of ketones is 1. The summed E-state index contributed by atoms with van der Waals surface area (Å²) < 4.78 is 27.4. The van der Waals surface area contributed by atoms with E-state index in [1.807, 2.05) is 37.8 Å². The van der Waals surface area contributed by atoms with Crippen molar-refractivity contribution in [2.24, 2.45) is 5.92 Å². The monoisotopic (exact) mass is 442 g/mol. The SMILES string of the molecule is CCN(C(=O)C1CCN(S(=O)(=O)c2ccc(C(C)=O)cc2)CC1)c1ccc(C)cc1C. The molecular weight excluding hydrogens is 412 g/mol. The molecule has 0 aliphatic carbocycles. The molecule has 0 atom stereocenters. The summed E-state index contributed by atoms with van der Waals surface area (Å²) in [6, 6.07) is 12.1. The first-order valence-corrected chi connectivity index (χ1v) is 12.1. The lowest BCUT2D eigenvalue weighted by molar-refractivity contribution is -0.123. The number of aryl methyl sites for hydroxylation is 2. The molecule has 0 saturated carbocycles. The smallest absolute Gasteiger partial charge is 0.243 e. The number of piperidine rings is 1. The summed E-state index contributed by atoms with van der Waals surface area (Å²) in [5.74, 6) is -0.253. The number of Topliss-reactive ketones (excluding diaryl/α,β-unsaturated/α-hetero) is 1. The zero-order valence-corrected chi connectivity index (χ0v) is 19.4. The maximum Gasteiger partial charge on any atom is 0.243 e. The van der Waals surface area contributed by atoms with Crippen LogP contribution < -0.4 is 4.90 Å². The van der Waals surface area contributed by atoms with E-state index >= 15 is 0 Å². The Morgan fingerprint density at radius 2 is 1.65 bits per heavy atom. The van der Waals surface area contributed by atoms with Gasteiger partial charge in [-0.3, -0.25) is 9.59 Å². The van der Waals surface area contributed by atoms with Crippen LogP contribution in [-0.2, 0) is 14.8 Å². The molecule has 166 valence electrons. The second kappa shape index (κ2) is 9.32. The van der Waals surface area contributed by atoms with Gasteiger partial charge in [0.25, 0.3) is 0 Å². The maximum atomic E-state index is 13.2. The van der Waals surface area contributed by atoms with Gasteiger partial charge in [-0.05, 0) is 64.3 Å². The van der Waals surface area contributed by atoms with Gasteiger partial charge in [-0.15, -0.1) is 0 Å². The third-order valence-corrected chi connectivity index (χ3v) is 7.84. The van der Waals surface area contributed by atoms with Crippen LogP contribution in [0, 0.1) is 19.8 Å². The van der Waals surface area contributed by atoms with Crippen LogP contribution in [0.3, 0.4) is 0 Å². The lowest BCUT2D eigenvalue weighted by Crippen LogP contribution is -2.44. The quantitative estimate of drug-likeness (QED) is 0.635. The molecule has 1 heterocycles. The van der Waals surface area contributed by atoms with Gasteiger partial charge in [0.1, 0.15) is 0 Å². The van der Waals surface area contributed by atoms with Crippen LogP contribution in [0.15, 0.2) is 47.4 Å². The fourth-order valence-electron chi connectivity index (χ4n) is 4.13. The molecule has 1 amide bonds. The summed E-state index contributed by atoms with van der Waals surface area (Å²) >= 11 is 0. The highest BCUT2D eigenvalue weighted by molar-refractivity contribution is 7.89. The average molecular weight is 443 g/mol. The first-order valence-electron chi connectivity index (χ1n) is 10.6. The minimum absolute atomic E-state index is 0.0531. The van der Waals surface area contributed by atoms with Crippen LogP contribution in [0.1, 0.15) is 48.2 Å². The van der Waals surface area contributed by atoms with E-state index in [1.165, 1.54) is 35.5 Å². The van der Waals surface area contributed by atoms with Crippen LogP contribution in [0.2, 0.25) is 0 Å². The maximum absolute atomic E-state index is 13.2. The Hall–Kier alpha value is -2.51. The van der Waals surface area contributed by atoms with E-state index in [0.717, 1.165) is 16.8 Å². The normalized spacial score (nSPS) is 15.6. The highest BCUT2D eigenvalue weighted by Gasteiger charge is 2.34. The van der Waals surface area contributed by atoms with E-state index in [1.54, 1.807) is 0 Å². The fraction of sp³-hybridized carbons (Fsp3) is 0.417. The van der Waals surface area contributed by atoms with E-state index in [-0.39, 0.29) is 22.5 Å². The molecule has 1 saturated heterocycles. The van der Waals surface area contributed by atoms with E-state index < -0.39 is 10.0 Å². The summed E-state index contributed by atoms with van der Waals surface area (Å²) in [6.07, 6.45) is 0.982. The second-order valence-electron chi connectivity index (χ2n) is 8.13. The van der Waals surface area contributed by atoms with Gasteiger partial charge in [0, 0.05) is 36.8 Å². The summed E-state index contributed by atoms with van der Waals surface area (Å²) in [5.41, 5.74) is 3.61.